The fourth-order valence-corrected chi connectivity index (χ4v) is 2.27. The summed E-state index contributed by atoms with van der Waals surface area (Å²) in [5.74, 6) is -0.809. The minimum absolute atomic E-state index is 0.399. The van der Waals surface area contributed by atoms with E-state index in [-0.39, 0.29) is 0 Å². The molecule has 0 radical (unpaired) electrons. The quantitative estimate of drug-likeness (QED) is 0.538. The van der Waals surface area contributed by atoms with Crippen molar-refractivity contribution in [3.8, 4) is 0 Å². The van der Waals surface area contributed by atoms with E-state index in [0.717, 1.165) is 28.7 Å². The maximum Gasteiger partial charge on any atom is 0.231 e. The lowest BCUT2D eigenvalue weighted by atomic mass is 9.85. The number of aryl methyl sites for hydroxylation is 2. The molecule has 15 heavy (non-hydrogen) atoms. The van der Waals surface area contributed by atoms with Crippen LogP contribution in [0.25, 0.3) is 0 Å². The van der Waals surface area contributed by atoms with Crippen LogP contribution in [0.4, 0.5) is 0 Å². The van der Waals surface area contributed by atoms with E-state index in [1.165, 1.54) is 6.20 Å². The minimum atomic E-state index is -0.410. The van der Waals surface area contributed by atoms with Crippen LogP contribution in [0.2, 0.25) is 0 Å². The zero-order valence-corrected chi connectivity index (χ0v) is 8.69. The standard InChI is InChI=1S/C11H14N2O2/c1-7-5-8-3-2-4-9(11(12)14)10(8)13(15)6-7/h5-6,9H,2-4H2,1H3,(H2,12,14). The molecule has 1 amide bonds. The number of hydrogen-bond acceptors (Lipinski definition) is 2. The van der Waals surface area contributed by atoms with Crippen LogP contribution in [0.1, 0.15) is 35.6 Å². The van der Waals surface area contributed by atoms with Gasteiger partial charge in [0.1, 0.15) is 5.92 Å². The van der Waals surface area contributed by atoms with Gasteiger partial charge in [-0.25, -0.2) is 0 Å². The van der Waals surface area contributed by atoms with E-state index in [1.807, 2.05) is 13.0 Å². The minimum Gasteiger partial charge on any atom is -0.618 e. The third kappa shape index (κ3) is 1.67. The topological polar surface area (TPSA) is 70.0 Å². The third-order valence-electron chi connectivity index (χ3n) is 2.90. The van der Waals surface area contributed by atoms with Crippen molar-refractivity contribution in [3.05, 3.63) is 34.3 Å². The molecule has 0 aromatic carbocycles. The van der Waals surface area contributed by atoms with Crippen LogP contribution in [0.5, 0.6) is 0 Å². The lowest BCUT2D eigenvalue weighted by Crippen LogP contribution is -2.40. The van der Waals surface area contributed by atoms with Gasteiger partial charge in [-0.1, -0.05) is 0 Å². The Bertz CT molecular complexity index is 415. The van der Waals surface area contributed by atoms with Crippen molar-refractivity contribution in [2.45, 2.75) is 32.1 Å². The molecule has 0 bridgehead atoms. The van der Waals surface area contributed by atoms with Crippen LogP contribution in [-0.2, 0) is 11.2 Å². The van der Waals surface area contributed by atoms with Crippen molar-refractivity contribution in [3.63, 3.8) is 0 Å². The fraction of sp³-hybridized carbons (Fsp3) is 0.455. The average Bonchev–Trinajstić information content (AvgIpc) is 2.16. The summed E-state index contributed by atoms with van der Waals surface area (Å²) in [5, 5.41) is 11.7. The summed E-state index contributed by atoms with van der Waals surface area (Å²) in [5.41, 5.74) is 7.75. The Balaban J connectivity index is 2.55. The van der Waals surface area contributed by atoms with Gasteiger partial charge in [0.05, 0.1) is 0 Å². The predicted octanol–water partition coefficient (Wildman–Crippen LogP) is 0.534. The van der Waals surface area contributed by atoms with Gasteiger partial charge >= 0.3 is 0 Å². The first-order valence-corrected chi connectivity index (χ1v) is 5.11. The van der Waals surface area contributed by atoms with Crippen LogP contribution in [-0.4, -0.2) is 5.91 Å². The zero-order valence-electron chi connectivity index (χ0n) is 8.69. The number of fused-ring (bicyclic) bond motifs is 1. The van der Waals surface area contributed by atoms with Gasteiger partial charge in [-0.05, 0) is 32.3 Å². The van der Waals surface area contributed by atoms with Crippen LogP contribution in [0.3, 0.4) is 0 Å². The molecule has 0 fully saturated rings. The number of nitrogens with two attached hydrogens (primary N) is 1. The van der Waals surface area contributed by atoms with Gasteiger partial charge in [0, 0.05) is 11.1 Å². The highest BCUT2D eigenvalue weighted by molar-refractivity contribution is 5.81. The van der Waals surface area contributed by atoms with Gasteiger partial charge in [-0.3, -0.25) is 4.79 Å². The number of pyridine rings is 1. The molecule has 1 unspecified atom stereocenters. The van der Waals surface area contributed by atoms with Crippen molar-refractivity contribution < 1.29 is 9.52 Å². The number of aromatic nitrogens is 1. The molecule has 0 saturated heterocycles. The Hall–Kier alpha value is -1.58. The van der Waals surface area contributed by atoms with E-state index in [9.17, 15) is 10.0 Å². The van der Waals surface area contributed by atoms with E-state index in [4.69, 9.17) is 5.73 Å². The Morgan fingerprint density at radius 3 is 3.07 bits per heavy atom. The van der Waals surface area contributed by atoms with E-state index in [2.05, 4.69) is 0 Å². The molecule has 1 aromatic heterocycles. The molecule has 1 aliphatic carbocycles. The summed E-state index contributed by atoms with van der Waals surface area (Å²) in [7, 11) is 0. The van der Waals surface area contributed by atoms with E-state index < -0.39 is 11.8 Å². The Morgan fingerprint density at radius 1 is 1.67 bits per heavy atom. The second kappa shape index (κ2) is 3.53. The van der Waals surface area contributed by atoms with Gasteiger partial charge in [-0.2, -0.15) is 4.73 Å². The predicted molar refractivity (Wildman–Crippen MR) is 55.0 cm³/mol. The first-order chi connectivity index (χ1) is 7.09. The second-order valence-corrected chi connectivity index (χ2v) is 4.10. The fourth-order valence-electron chi connectivity index (χ4n) is 2.27. The van der Waals surface area contributed by atoms with Crippen molar-refractivity contribution in [1.82, 2.24) is 0 Å². The molecule has 2 N–H and O–H groups in total. The summed E-state index contributed by atoms with van der Waals surface area (Å²) in [6.45, 7) is 1.88. The number of carbonyl (C=O) groups excluding carboxylic acids is 1. The van der Waals surface area contributed by atoms with Crippen molar-refractivity contribution in [2.75, 3.05) is 0 Å². The van der Waals surface area contributed by atoms with Gasteiger partial charge in [0.15, 0.2) is 6.20 Å². The molecular formula is C11H14N2O2. The van der Waals surface area contributed by atoms with Gasteiger partial charge in [0.25, 0.3) is 0 Å². The molecule has 2 rings (SSSR count). The van der Waals surface area contributed by atoms with E-state index in [1.54, 1.807) is 0 Å². The monoisotopic (exact) mass is 206 g/mol. The molecule has 0 aliphatic heterocycles. The molecule has 1 atom stereocenters. The first kappa shape index (κ1) is 9.96. The molecule has 4 heteroatoms. The molecule has 0 spiro atoms. The maximum atomic E-state index is 11.7. The number of amides is 1. The maximum absolute atomic E-state index is 11.7. The number of nitrogens with zero attached hydrogens (tertiary/aromatic N) is 1. The Labute approximate surface area is 88.3 Å². The van der Waals surface area contributed by atoms with Crippen molar-refractivity contribution in [2.24, 2.45) is 5.73 Å². The van der Waals surface area contributed by atoms with Crippen LogP contribution in [0.15, 0.2) is 12.3 Å². The third-order valence-corrected chi connectivity index (χ3v) is 2.90. The SMILES string of the molecule is Cc1cc2c([n+]([O-])c1)C(C(N)=O)CCC2. The van der Waals surface area contributed by atoms with Gasteiger partial charge < -0.3 is 10.9 Å². The largest absolute Gasteiger partial charge is 0.618 e. The number of hydrogen-bond donors (Lipinski definition) is 1. The number of primary amides is 1. The summed E-state index contributed by atoms with van der Waals surface area (Å²) in [6, 6.07) is 1.97. The molecule has 80 valence electrons. The molecular weight excluding hydrogens is 192 g/mol. The molecule has 1 aromatic rings. The highest BCUT2D eigenvalue weighted by Crippen LogP contribution is 2.28. The van der Waals surface area contributed by atoms with Crippen LogP contribution in [0, 0.1) is 12.1 Å². The highest BCUT2D eigenvalue weighted by atomic mass is 16.5. The lowest BCUT2D eigenvalue weighted by molar-refractivity contribution is -0.616. The Kier molecular flexibility index (Phi) is 2.34. The summed E-state index contributed by atoms with van der Waals surface area (Å²) < 4.78 is 0.805. The molecule has 1 heterocycles. The lowest BCUT2D eigenvalue weighted by Gasteiger charge is -2.21. The van der Waals surface area contributed by atoms with Crippen molar-refractivity contribution >= 4 is 5.91 Å². The summed E-state index contributed by atoms with van der Waals surface area (Å²) in [6.07, 6.45) is 3.97. The highest BCUT2D eigenvalue weighted by Gasteiger charge is 2.32. The number of carbonyl (C=O) groups is 1. The first-order valence-electron chi connectivity index (χ1n) is 5.11. The van der Waals surface area contributed by atoms with Gasteiger partial charge in [0.2, 0.25) is 11.6 Å². The number of rotatable bonds is 1. The molecule has 4 nitrogen and oxygen atoms in total. The summed E-state index contributed by atoms with van der Waals surface area (Å²) >= 11 is 0. The average molecular weight is 206 g/mol. The summed E-state index contributed by atoms with van der Waals surface area (Å²) in [4.78, 5) is 11.2. The van der Waals surface area contributed by atoms with E-state index >= 15 is 0 Å². The second-order valence-electron chi connectivity index (χ2n) is 4.10. The normalized spacial score (nSPS) is 19.7. The van der Waals surface area contributed by atoms with Gasteiger partial charge in [-0.15, -0.1) is 0 Å². The smallest absolute Gasteiger partial charge is 0.231 e. The molecule has 0 saturated carbocycles. The van der Waals surface area contributed by atoms with Crippen LogP contribution >= 0.6 is 0 Å². The van der Waals surface area contributed by atoms with E-state index in [0.29, 0.717) is 12.1 Å². The van der Waals surface area contributed by atoms with Crippen molar-refractivity contribution in [1.29, 1.82) is 0 Å². The zero-order chi connectivity index (χ0) is 11.0. The molecule has 1 aliphatic rings. The Morgan fingerprint density at radius 2 is 2.40 bits per heavy atom. The van der Waals surface area contributed by atoms with Crippen LogP contribution < -0.4 is 10.5 Å².